The summed E-state index contributed by atoms with van der Waals surface area (Å²) in [5, 5.41) is 1.06. The van der Waals surface area contributed by atoms with E-state index in [1.165, 1.54) is 11.6 Å². The maximum atomic E-state index is 12.7. The molecule has 2 aromatic carbocycles. The molecular formula is C23H24N2O2S. The van der Waals surface area contributed by atoms with Gasteiger partial charge < -0.3 is 0 Å². The van der Waals surface area contributed by atoms with Crippen LogP contribution in [0.4, 0.5) is 0 Å². The van der Waals surface area contributed by atoms with Crippen LogP contribution in [0.1, 0.15) is 47.1 Å². The first kappa shape index (κ1) is 20.0. The van der Waals surface area contributed by atoms with Gasteiger partial charge in [-0.3, -0.25) is 15.0 Å². The summed E-state index contributed by atoms with van der Waals surface area (Å²) in [6, 6.07) is 15.9. The molecule has 28 heavy (non-hydrogen) atoms. The van der Waals surface area contributed by atoms with Crippen molar-refractivity contribution in [2.24, 2.45) is 5.84 Å². The van der Waals surface area contributed by atoms with E-state index in [1.807, 2.05) is 48.5 Å². The molecule has 5 heteroatoms. The minimum atomic E-state index is -0.346. The molecule has 144 valence electrons. The molecule has 3 N–H and O–H groups in total. The van der Waals surface area contributed by atoms with Crippen molar-refractivity contribution >= 4 is 39.2 Å². The first-order valence-corrected chi connectivity index (χ1v) is 9.93. The Morgan fingerprint density at radius 3 is 2.43 bits per heavy atom. The number of fused-ring (bicyclic) bond motifs is 1. The number of amides is 1. The minimum absolute atomic E-state index is 0.0720. The lowest BCUT2D eigenvalue weighted by molar-refractivity contribution is -0.116. The molecule has 0 radical (unpaired) electrons. The fourth-order valence-electron chi connectivity index (χ4n) is 2.95. The van der Waals surface area contributed by atoms with Gasteiger partial charge in [-0.05, 0) is 46.2 Å². The molecule has 0 aliphatic heterocycles. The molecular weight excluding hydrogens is 368 g/mol. The van der Waals surface area contributed by atoms with Crippen molar-refractivity contribution in [3.63, 3.8) is 0 Å². The molecule has 0 spiro atoms. The molecule has 0 fully saturated rings. The standard InChI is InChI=1S/C23H24N2O2S/c1-23(2,3)18-7-5-16(6-8-18)20(26)13-15-4-10-21-17(12-15)14-19(28-21)9-11-22(27)25-24/h4-12,14H,13,24H2,1-3H3,(H,25,27)/b11-9+. The van der Waals surface area contributed by atoms with Crippen molar-refractivity contribution in [2.45, 2.75) is 32.6 Å². The molecule has 0 atom stereocenters. The van der Waals surface area contributed by atoms with Crippen molar-refractivity contribution in [3.8, 4) is 0 Å². The number of nitrogens with one attached hydrogen (secondary N) is 1. The Balaban J connectivity index is 1.75. The summed E-state index contributed by atoms with van der Waals surface area (Å²) in [5.41, 5.74) is 5.06. The molecule has 1 amide bonds. The first-order valence-electron chi connectivity index (χ1n) is 9.11. The Morgan fingerprint density at radius 2 is 1.79 bits per heavy atom. The van der Waals surface area contributed by atoms with E-state index in [0.717, 1.165) is 26.1 Å². The van der Waals surface area contributed by atoms with Crippen molar-refractivity contribution in [1.82, 2.24) is 5.43 Å². The summed E-state index contributed by atoms with van der Waals surface area (Å²) >= 11 is 1.59. The normalized spacial score (nSPS) is 11.9. The highest BCUT2D eigenvalue weighted by atomic mass is 32.1. The Kier molecular flexibility index (Phi) is 5.77. The molecule has 1 aromatic heterocycles. The highest BCUT2D eigenvalue weighted by Gasteiger charge is 2.14. The third-order valence-electron chi connectivity index (χ3n) is 4.58. The molecule has 1 heterocycles. The van der Waals surface area contributed by atoms with Crippen LogP contribution in [-0.4, -0.2) is 11.7 Å². The van der Waals surface area contributed by atoms with Crippen molar-refractivity contribution in [2.75, 3.05) is 0 Å². The van der Waals surface area contributed by atoms with Gasteiger partial charge in [-0.25, -0.2) is 5.84 Å². The highest BCUT2D eigenvalue weighted by molar-refractivity contribution is 7.19. The van der Waals surface area contributed by atoms with Gasteiger partial charge in [-0.2, -0.15) is 0 Å². The van der Waals surface area contributed by atoms with E-state index < -0.39 is 0 Å². The van der Waals surface area contributed by atoms with Gasteiger partial charge in [0.05, 0.1) is 0 Å². The van der Waals surface area contributed by atoms with Gasteiger partial charge in [0.15, 0.2) is 5.78 Å². The number of ketones is 1. The summed E-state index contributed by atoms with van der Waals surface area (Å²) in [6.45, 7) is 6.48. The molecule has 0 aliphatic carbocycles. The number of carbonyl (C=O) groups is 2. The minimum Gasteiger partial charge on any atom is -0.294 e. The molecule has 0 bridgehead atoms. The third-order valence-corrected chi connectivity index (χ3v) is 5.66. The van der Waals surface area contributed by atoms with E-state index in [4.69, 9.17) is 5.84 Å². The number of benzene rings is 2. The topological polar surface area (TPSA) is 72.2 Å². The van der Waals surface area contributed by atoms with Crippen molar-refractivity contribution in [1.29, 1.82) is 0 Å². The zero-order valence-electron chi connectivity index (χ0n) is 16.3. The third kappa shape index (κ3) is 4.74. The summed E-state index contributed by atoms with van der Waals surface area (Å²) in [4.78, 5) is 24.9. The Labute approximate surface area is 169 Å². The smallest absolute Gasteiger partial charge is 0.257 e. The van der Waals surface area contributed by atoms with E-state index >= 15 is 0 Å². The monoisotopic (exact) mass is 392 g/mol. The summed E-state index contributed by atoms with van der Waals surface area (Å²) in [6.07, 6.45) is 3.49. The van der Waals surface area contributed by atoms with Gasteiger partial charge >= 0.3 is 0 Å². The number of hydrogen-bond acceptors (Lipinski definition) is 4. The number of thiophene rings is 1. The predicted octanol–water partition coefficient (Wildman–Crippen LogP) is 4.63. The molecule has 0 unspecified atom stereocenters. The van der Waals surface area contributed by atoms with Gasteiger partial charge in [0.25, 0.3) is 5.91 Å². The Morgan fingerprint density at radius 1 is 1.07 bits per heavy atom. The highest BCUT2D eigenvalue weighted by Crippen LogP contribution is 2.28. The van der Waals surface area contributed by atoms with Crippen LogP contribution in [-0.2, 0) is 16.6 Å². The number of Topliss-reactive ketones (excluding diaryl/α,β-unsaturated/α-hetero) is 1. The fraction of sp³-hybridized carbons (Fsp3) is 0.217. The number of hydrogen-bond donors (Lipinski definition) is 2. The average Bonchev–Trinajstić information content (AvgIpc) is 3.07. The van der Waals surface area contributed by atoms with Crippen LogP contribution in [0.25, 0.3) is 16.2 Å². The maximum absolute atomic E-state index is 12.7. The molecule has 0 aliphatic rings. The van der Waals surface area contributed by atoms with E-state index in [1.54, 1.807) is 17.4 Å². The zero-order chi connectivity index (χ0) is 20.3. The van der Waals surface area contributed by atoms with E-state index in [0.29, 0.717) is 6.42 Å². The molecule has 3 aromatic rings. The summed E-state index contributed by atoms with van der Waals surface area (Å²) in [7, 11) is 0. The van der Waals surface area contributed by atoms with Crippen LogP contribution < -0.4 is 11.3 Å². The van der Waals surface area contributed by atoms with Gasteiger partial charge in [0.1, 0.15) is 0 Å². The van der Waals surface area contributed by atoms with Crippen LogP contribution in [0, 0.1) is 0 Å². The lowest BCUT2D eigenvalue weighted by Gasteiger charge is -2.19. The van der Waals surface area contributed by atoms with Crippen LogP contribution in [0.5, 0.6) is 0 Å². The maximum Gasteiger partial charge on any atom is 0.257 e. The second kappa shape index (κ2) is 8.09. The van der Waals surface area contributed by atoms with Crippen molar-refractivity contribution < 1.29 is 9.59 Å². The Hall–Kier alpha value is -2.76. The average molecular weight is 393 g/mol. The second-order valence-electron chi connectivity index (χ2n) is 7.79. The van der Waals surface area contributed by atoms with E-state index in [9.17, 15) is 9.59 Å². The second-order valence-corrected chi connectivity index (χ2v) is 8.91. The lowest BCUT2D eigenvalue weighted by atomic mass is 9.86. The number of hydrazine groups is 1. The van der Waals surface area contributed by atoms with Crippen molar-refractivity contribution in [3.05, 3.63) is 76.2 Å². The quantitative estimate of drug-likeness (QED) is 0.219. The molecule has 0 saturated carbocycles. The van der Waals surface area contributed by atoms with Gasteiger partial charge in [0.2, 0.25) is 0 Å². The van der Waals surface area contributed by atoms with Crippen LogP contribution in [0.2, 0.25) is 0 Å². The fourth-order valence-corrected chi connectivity index (χ4v) is 3.90. The lowest BCUT2D eigenvalue weighted by Crippen LogP contribution is -2.27. The largest absolute Gasteiger partial charge is 0.294 e. The first-order chi connectivity index (χ1) is 13.3. The zero-order valence-corrected chi connectivity index (χ0v) is 17.1. The van der Waals surface area contributed by atoms with Crippen LogP contribution in [0.3, 0.4) is 0 Å². The van der Waals surface area contributed by atoms with Crippen LogP contribution in [0.15, 0.2) is 54.6 Å². The van der Waals surface area contributed by atoms with Crippen LogP contribution >= 0.6 is 11.3 Å². The van der Waals surface area contributed by atoms with E-state index in [-0.39, 0.29) is 17.1 Å². The molecule has 0 saturated heterocycles. The Bertz CT molecular complexity index is 1040. The molecule has 4 nitrogen and oxygen atoms in total. The SMILES string of the molecule is CC(C)(C)c1ccc(C(=O)Cc2ccc3sc(/C=C/C(=O)NN)cc3c2)cc1. The van der Waals surface area contributed by atoms with Gasteiger partial charge in [0, 0.05) is 27.6 Å². The van der Waals surface area contributed by atoms with Gasteiger partial charge in [-0.1, -0.05) is 51.1 Å². The summed E-state index contributed by atoms with van der Waals surface area (Å²) < 4.78 is 1.11. The van der Waals surface area contributed by atoms with E-state index in [2.05, 4.69) is 26.2 Å². The van der Waals surface area contributed by atoms with Gasteiger partial charge in [-0.15, -0.1) is 11.3 Å². The number of nitrogens with two attached hydrogens (primary N) is 1. The summed E-state index contributed by atoms with van der Waals surface area (Å²) in [5.74, 6) is 4.84. The molecule has 3 rings (SSSR count). The number of rotatable bonds is 5. The number of carbonyl (C=O) groups excluding carboxylic acids is 2. The predicted molar refractivity (Wildman–Crippen MR) is 116 cm³/mol.